The second-order valence-electron chi connectivity index (χ2n) is 10.0. The Morgan fingerprint density at radius 2 is 1.76 bits per heavy atom. The summed E-state index contributed by atoms with van der Waals surface area (Å²) >= 11 is 1.55. The number of hydrogen-bond donors (Lipinski definition) is 3. The summed E-state index contributed by atoms with van der Waals surface area (Å²) in [5, 5.41) is 14.6. The number of aliphatic carboxylic acids is 1. The molecule has 3 N–H and O–H groups in total. The van der Waals surface area contributed by atoms with Crippen LogP contribution in [0, 0.1) is 11.8 Å². The third kappa shape index (κ3) is 4.88. The molecule has 4 atom stereocenters. The maximum absolute atomic E-state index is 13.5. The molecule has 1 aromatic carbocycles. The molecule has 1 fully saturated rings. The first-order valence-electron chi connectivity index (χ1n) is 11.3. The average Bonchev–Trinajstić information content (AvgIpc) is 3.14. The molecule has 3 rings (SSSR count). The standard InChI is InChI=1S/C24H33N3O5S/c1-12(2)11-16(23(31)32)25-19(28)17(13(3)4)26-20(29)18-24(5,6)33-22-15-10-8-7-9-14(15)21(30)27(18)22/h7-10,12-13,16-18,22H,11H2,1-6H3,(H,25,28)(H,26,29)(H,31,32)/t16-,17-,18-,22+/m0/s1. The van der Waals surface area contributed by atoms with Crippen molar-refractivity contribution < 1.29 is 24.3 Å². The van der Waals surface area contributed by atoms with Gasteiger partial charge in [0, 0.05) is 10.3 Å². The quantitative estimate of drug-likeness (QED) is 0.533. The Bertz CT molecular complexity index is 961. The van der Waals surface area contributed by atoms with Crippen LogP contribution in [0.2, 0.25) is 0 Å². The molecule has 0 bridgehead atoms. The van der Waals surface area contributed by atoms with Gasteiger partial charge in [0.15, 0.2) is 0 Å². The molecule has 8 nitrogen and oxygen atoms in total. The molecule has 0 radical (unpaired) electrons. The van der Waals surface area contributed by atoms with E-state index in [4.69, 9.17) is 0 Å². The van der Waals surface area contributed by atoms with Gasteiger partial charge in [0.25, 0.3) is 5.91 Å². The number of carbonyl (C=O) groups is 4. The van der Waals surface area contributed by atoms with Crippen LogP contribution in [0.15, 0.2) is 24.3 Å². The zero-order valence-electron chi connectivity index (χ0n) is 19.9. The zero-order chi connectivity index (χ0) is 24.7. The van der Waals surface area contributed by atoms with Crippen molar-refractivity contribution in [3.63, 3.8) is 0 Å². The molecule has 33 heavy (non-hydrogen) atoms. The van der Waals surface area contributed by atoms with Gasteiger partial charge in [-0.3, -0.25) is 14.4 Å². The van der Waals surface area contributed by atoms with Gasteiger partial charge >= 0.3 is 5.97 Å². The minimum absolute atomic E-state index is 0.0783. The highest BCUT2D eigenvalue weighted by Gasteiger charge is 2.57. The van der Waals surface area contributed by atoms with Crippen molar-refractivity contribution in [2.75, 3.05) is 0 Å². The highest BCUT2D eigenvalue weighted by atomic mass is 32.2. The lowest BCUT2D eigenvalue weighted by atomic mass is 9.97. The number of hydrogen-bond acceptors (Lipinski definition) is 5. The Labute approximate surface area is 198 Å². The van der Waals surface area contributed by atoms with Gasteiger partial charge < -0.3 is 20.6 Å². The van der Waals surface area contributed by atoms with Crippen LogP contribution < -0.4 is 10.6 Å². The monoisotopic (exact) mass is 475 g/mol. The van der Waals surface area contributed by atoms with Crippen molar-refractivity contribution in [3.05, 3.63) is 35.4 Å². The lowest BCUT2D eigenvalue weighted by molar-refractivity contribution is -0.143. The van der Waals surface area contributed by atoms with E-state index in [2.05, 4.69) is 10.6 Å². The molecular weight excluding hydrogens is 442 g/mol. The number of carboxylic acid groups (broad SMARTS) is 1. The Balaban J connectivity index is 1.81. The topological polar surface area (TPSA) is 116 Å². The minimum Gasteiger partial charge on any atom is -0.480 e. The molecule has 0 saturated carbocycles. The van der Waals surface area contributed by atoms with E-state index in [1.54, 1.807) is 42.6 Å². The van der Waals surface area contributed by atoms with Crippen molar-refractivity contribution in [1.29, 1.82) is 0 Å². The van der Waals surface area contributed by atoms with Crippen LogP contribution in [-0.4, -0.2) is 56.6 Å². The first kappa shape index (κ1) is 25.1. The van der Waals surface area contributed by atoms with E-state index in [-0.39, 0.29) is 29.5 Å². The third-order valence-corrected chi connectivity index (χ3v) is 7.65. The maximum atomic E-state index is 13.5. The highest BCUT2D eigenvalue weighted by Crippen LogP contribution is 2.56. The predicted octanol–water partition coefficient (Wildman–Crippen LogP) is 2.79. The lowest BCUT2D eigenvalue weighted by Gasteiger charge is -2.32. The van der Waals surface area contributed by atoms with E-state index in [0.29, 0.717) is 5.56 Å². The van der Waals surface area contributed by atoms with E-state index in [9.17, 15) is 24.3 Å². The fraction of sp³-hybridized carbons (Fsp3) is 0.583. The molecule has 0 unspecified atom stereocenters. The number of thioether (sulfide) groups is 1. The van der Waals surface area contributed by atoms with E-state index < -0.39 is 40.7 Å². The summed E-state index contributed by atoms with van der Waals surface area (Å²) in [5.41, 5.74) is 1.49. The summed E-state index contributed by atoms with van der Waals surface area (Å²) < 4.78 is -0.572. The Kier molecular flexibility index (Phi) is 7.12. The second kappa shape index (κ2) is 9.37. The number of fused-ring (bicyclic) bond motifs is 3. The number of nitrogens with one attached hydrogen (secondary N) is 2. The van der Waals surface area contributed by atoms with Gasteiger partial charge in [-0.05, 0) is 43.7 Å². The van der Waals surface area contributed by atoms with E-state index >= 15 is 0 Å². The smallest absolute Gasteiger partial charge is 0.326 e. The van der Waals surface area contributed by atoms with Crippen molar-refractivity contribution in [2.24, 2.45) is 11.8 Å². The summed E-state index contributed by atoms with van der Waals surface area (Å²) in [6.45, 7) is 11.2. The van der Waals surface area contributed by atoms with E-state index in [1.807, 2.05) is 39.8 Å². The van der Waals surface area contributed by atoms with Crippen LogP contribution in [0.3, 0.4) is 0 Å². The van der Waals surface area contributed by atoms with Gasteiger partial charge in [0.05, 0.1) is 0 Å². The van der Waals surface area contributed by atoms with Gasteiger partial charge in [-0.15, -0.1) is 11.8 Å². The van der Waals surface area contributed by atoms with Gasteiger partial charge in [-0.1, -0.05) is 45.9 Å². The third-order valence-electron chi connectivity index (χ3n) is 6.11. The fourth-order valence-corrected chi connectivity index (χ4v) is 6.11. The van der Waals surface area contributed by atoms with Crippen LogP contribution in [0.4, 0.5) is 0 Å². The molecule has 1 aromatic rings. The van der Waals surface area contributed by atoms with Gasteiger partial charge in [-0.2, -0.15) is 0 Å². The van der Waals surface area contributed by atoms with Crippen molar-refractivity contribution in [1.82, 2.24) is 15.5 Å². The van der Waals surface area contributed by atoms with Crippen LogP contribution >= 0.6 is 11.8 Å². The molecule has 1 saturated heterocycles. The summed E-state index contributed by atoms with van der Waals surface area (Å²) in [4.78, 5) is 52.8. The fourth-order valence-electron chi connectivity index (χ4n) is 4.53. The Morgan fingerprint density at radius 3 is 2.33 bits per heavy atom. The van der Waals surface area contributed by atoms with E-state index in [0.717, 1.165) is 5.56 Å². The van der Waals surface area contributed by atoms with Gasteiger partial charge in [-0.25, -0.2) is 4.79 Å². The van der Waals surface area contributed by atoms with Crippen LogP contribution in [-0.2, 0) is 14.4 Å². The number of carbonyl (C=O) groups excluding carboxylic acids is 3. The molecular formula is C24H33N3O5S. The van der Waals surface area contributed by atoms with Crippen LogP contribution in [0.25, 0.3) is 0 Å². The van der Waals surface area contributed by atoms with Crippen LogP contribution in [0.5, 0.6) is 0 Å². The lowest BCUT2D eigenvalue weighted by Crippen LogP contribution is -2.59. The molecule has 9 heteroatoms. The normalized spacial score (nSPS) is 22.7. The average molecular weight is 476 g/mol. The van der Waals surface area contributed by atoms with Gasteiger partial charge in [0.1, 0.15) is 23.5 Å². The van der Waals surface area contributed by atoms with Crippen molar-refractivity contribution >= 4 is 35.5 Å². The van der Waals surface area contributed by atoms with Crippen LogP contribution in [0.1, 0.15) is 69.3 Å². The summed E-state index contributed by atoms with van der Waals surface area (Å²) in [6.07, 6.45) is 0.286. The molecule has 0 aromatic heterocycles. The number of carboxylic acids is 1. The van der Waals surface area contributed by atoms with E-state index in [1.165, 1.54) is 0 Å². The number of nitrogens with zero attached hydrogens (tertiary/aromatic N) is 1. The molecule has 2 aliphatic rings. The SMILES string of the molecule is CC(C)C[C@H](NC(=O)[C@@H](NC(=O)[C@@H]1N2C(=O)c3ccccc3[C@H]2SC1(C)C)C(C)C)C(=O)O. The number of rotatable bonds is 8. The second-order valence-corrected chi connectivity index (χ2v) is 11.8. The molecule has 2 aliphatic heterocycles. The van der Waals surface area contributed by atoms with Gasteiger partial charge in [0.2, 0.25) is 11.8 Å². The first-order chi connectivity index (χ1) is 15.3. The Morgan fingerprint density at radius 1 is 1.12 bits per heavy atom. The molecule has 0 aliphatic carbocycles. The Hall–Kier alpha value is -2.55. The molecule has 0 spiro atoms. The summed E-state index contributed by atoms with van der Waals surface area (Å²) in [6, 6.07) is 4.63. The summed E-state index contributed by atoms with van der Waals surface area (Å²) in [7, 11) is 0. The number of benzene rings is 1. The largest absolute Gasteiger partial charge is 0.480 e. The first-order valence-corrected chi connectivity index (χ1v) is 12.2. The van der Waals surface area contributed by atoms with Crippen molar-refractivity contribution in [3.8, 4) is 0 Å². The number of amides is 3. The summed E-state index contributed by atoms with van der Waals surface area (Å²) in [5.74, 6) is -2.45. The molecule has 2 heterocycles. The predicted molar refractivity (Wildman–Crippen MR) is 127 cm³/mol. The minimum atomic E-state index is -1.11. The molecule has 180 valence electrons. The maximum Gasteiger partial charge on any atom is 0.326 e. The molecule has 3 amide bonds. The highest BCUT2D eigenvalue weighted by molar-refractivity contribution is 8.01. The van der Waals surface area contributed by atoms with Crippen molar-refractivity contribution in [2.45, 2.75) is 76.2 Å². The zero-order valence-corrected chi connectivity index (χ0v) is 20.7.